The van der Waals surface area contributed by atoms with Crippen molar-refractivity contribution in [3.63, 3.8) is 0 Å². The van der Waals surface area contributed by atoms with Gasteiger partial charge >= 0.3 is 0 Å². The number of phenolic OH excluding ortho intramolecular Hbond substituents is 1. The molecule has 0 fully saturated rings. The predicted octanol–water partition coefficient (Wildman–Crippen LogP) is 0.648. The number of benzene rings is 1. The third kappa shape index (κ3) is 3.09. The van der Waals surface area contributed by atoms with Gasteiger partial charge < -0.3 is 15.5 Å². The van der Waals surface area contributed by atoms with Crippen LogP contribution in [0.4, 0.5) is 0 Å². The molecule has 0 bridgehead atoms. The van der Waals surface area contributed by atoms with Crippen LogP contribution in [0.25, 0.3) is 0 Å². The molecule has 14 heavy (non-hydrogen) atoms. The van der Waals surface area contributed by atoms with Gasteiger partial charge in [0.15, 0.2) is 0 Å². The minimum absolute atomic E-state index is 0.192. The van der Waals surface area contributed by atoms with Crippen LogP contribution >= 0.6 is 0 Å². The first-order valence-corrected chi connectivity index (χ1v) is 4.35. The maximum atomic E-state index is 9.63. The lowest BCUT2D eigenvalue weighted by Crippen LogP contribution is -2.21. The van der Waals surface area contributed by atoms with Crippen molar-refractivity contribution in [2.45, 2.75) is 6.10 Å². The highest BCUT2D eigenvalue weighted by atomic mass is 16.3. The Kier molecular flexibility index (Phi) is 3.99. The SMILES string of the molecule is C#CCNCC(O)c1ccc(O)cc1. The van der Waals surface area contributed by atoms with Crippen molar-refractivity contribution < 1.29 is 10.2 Å². The van der Waals surface area contributed by atoms with Gasteiger partial charge in [0.2, 0.25) is 0 Å². The number of phenols is 1. The van der Waals surface area contributed by atoms with Gasteiger partial charge in [0.05, 0.1) is 12.6 Å². The third-order valence-electron chi connectivity index (χ3n) is 1.84. The van der Waals surface area contributed by atoms with Crippen LogP contribution < -0.4 is 5.32 Å². The summed E-state index contributed by atoms with van der Waals surface area (Å²) in [6.07, 6.45) is 4.45. The molecule has 74 valence electrons. The molecule has 0 spiro atoms. The smallest absolute Gasteiger partial charge is 0.115 e. The predicted molar refractivity (Wildman–Crippen MR) is 54.8 cm³/mol. The molecule has 0 aliphatic rings. The Morgan fingerprint density at radius 1 is 1.36 bits per heavy atom. The summed E-state index contributed by atoms with van der Waals surface area (Å²) >= 11 is 0. The highest BCUT2D eigenvalue weighted by molar-refractivity contribution is 5.27. The Morgan fingerprint density at radius 3 is 2.57 bits per heavy atom. The van der Waals surface area contributed by atoms with Gasteiger partial charge in [0.25, 0.3) is 0 Å². The second-order valence-electron chi connectivity index (χ2n) is 2.94. The first-order chi connectivity index (χ1) is 6.74. The lowest BCUT2D eigenvalue weighted by atomic mass is 10.1. The zero-order valence-electron chi connectivity index (χ0n) is 7.77. The standard InChI is InChI=1S/C11H13NO2/c1-2-7-12-8-11(14)9-3-5-10(13)6-4-9/h1,3-6,11-14H,7-8H2. The lowest BCUT2D eigenvalue weighted by molar-refractivity contribution is 0.176. The first kappa shape index (κ1) is 10.6. The van der Waals surface area contributed by atoms with E-state index in [9.17, 15) is 5.11 Å². The summed E-state index contributed by atoms with van der Waals surface area (Å²) in [5.74, 6) is 2.61. The summed E-state index contributed by atoms with van der Waals surface area (Å²) in [6.45, 7) is 0.851. The molecule has 1 aromatic rings. The maximum absolute atomic E-state index is 9.63. The highest BCUT2D eigenvalue weighted by Gasteiger charge is 2.05. The summed E-state index contributed by atoms with van der Waals surface area (Å²) in [5.41, 5.74) is 0.757. The summed E-state index contributed by atoms with van der Waals surface area (Å²) in [4.78, 5) is 0. The quantitative estimate of drug-likeness (QED) is 0.484. The molecule has 3 heteroatoms. The number of nitrogens with one attached hydrogen (secondary N) is 1. The normalized spacial score (nSPS) is 12.0. The van der Waals surface area contributed by atoms with Gasteiger partial charge in [0.1, 0.15) is 5.75 Å². The molecular formula is C11H13NO2. The number of hydrogen-bond acceptors (Lipinski definition) is 3. The molecule has 1 atom stereocenters. The third-order valence-corrected chi connectivity index (χ3v) is 1.84. The Bertz CT molecular complexity index is 313. The average Bonchev–Trinajstić information content (AvgIpc) is 2.19. The second-order valence-corrected chi connectivity index (χ2v) is 2.94. The van der Waals surface area contributed by atoms with Crippen molar-refractivity contribution in [3.8, 4) is 18.1 Å². The van der Waals surface area contributed by atoms with Gasteiger partial charge in [-0.3, -0.25) is 0 Å². The van der Waals surface area contributed by atoms with Gasteiger partial charge in [-0.25, -0.2) is 0 Å². The number of terminal acetylenes is 1. The molecular weight excluding hydrogens is 178 g/mol. The summed E-state index contributed by atoms with van der Waals surface area (Å²) in [7, 11) is 0. The average molecular weight is 191 g/mol. The molecule has 1 unspecified atom stereocenters. The Balaban J connectivity index is 2.48. The van der Waals surface area contributed by atoms with Crippen molar-refractivity contribution >= 4 is 0 Å². The Morgan fingerprint density at radius 2 is 2.00 bits per heavy atom. The van der Waals surface area contributed by atoms with Gasteiger partial charge in [-0.05, 0) is 17.7 Å². The van der Waals surface area contributed by atoms with Crippen molar-refractivity contribution in [2.24, 2.45) is 0 Å². The van der Waals surface area contributed by atoms with E-state index in [1.165, 1.54) is 0 Å². The fourth-order valence-electron chi connectivity index (χ4n) is 1.10. The van der Waals surface area contributed by atoms with Gasteiger partial charge in [-0.2, -0.15) is 0 Å². The Hall–Kier alpha value is -1.50. The fourth-order valence-corrected chi connectivity index (χ4v) is 1.10. The van der Waals surface area contributed by atoms with E-state index in [0.717, 1.165) is 5.56 Å². The molecule has 0 amide bonds. The molecule has 0 aliphatic carbocycles. The number of aliphatic hydroxyl groups is 1. The van der Waals surface area contributed by atoms with E-state index in [0.29, 0.717) is 13.1 Å². The Labute approximate surface area is 83.4 Å². The molecule has 1 aromatic carbocycles. The van der Waals surface area contributed by atoms with Crippen LogP contribution in [-0.4, -0.2) is 23.3 Å². The topological polar surface area (TPSA) is 52.5 Å². The summed E-state index contributed by atoms with van der Waals surface area (Å²) in [6, 6.07) is 6.44. The van der Waals surface area contributed by atoms with Gasteiger partial charge in [-0.15, -0.1) is 6.42 Å². The first-order valence-electron chi connectivity index (χ1n) is 4.35. The fraction of sp³-hybridized carbons (Fsp3) is 0.273. The number of aliphatic hydroxyl groups excluding tert-OH is 1. The van der Waals surface area contributed by atoms with E-state index in [-0.39, 0.29) is 5.75 Å². The molecule has 1 rings (SSSR count). The lowest BCUT2D eigenvalue weighted by Gasteiger charge is -2.10. The zero-order chi connectivity index (χ0) is 10.4. The number of rotatable bonds is 4. The summed E-state index contributed by atoms with van der Waals surface area (Å²) < 4.78 is 0. The molecule has 3 nitrogen and oxygen atoms in total. The molecule has 0 aromatic heterocycles. The van der Waals surface area contributed by atoms with Crippen LogP contribution in [0, 0.1) is 12.3 Å². The monoisotopic (exact) mass is 191 g/mol. The van der Waals surface area contributed by atoms with Crippen LogP contribution in [0.1, 0.15) is 11.7 Å². The molecule has 0 saturated carbocycles. The van der Waals surface area contributed by atoms with E-state index in [1.807, 2.05) is 0 Å². The molecule has 0 heterocycles. The van der Waals surface area contributed by atoms with Crippen LogP contribution in [0.2, 0.25) is 0 Å². The molecule has 0 saturated heterocycles. The van der Waals surface area contributed by atoms with Crippen LogP contribution in [-0.2, 0) is 0 Å². The second kappa shape index (κ2) is 5.28. The van der Waals surface area contributed by atoms with Crippen LogP contribution in [0.5, 0.6) is 5.75 Å². The van der Waals surface area contributed by atoms with E-state index in [1.54, 1.807) is 24.3 Å². The van der Waals surface area contributed by atoms with Crippen molar-refractivity contribution in [2.75, 3.05) is 13.1 Å². The van der Waals surface area contributed by atoms with E-state index in [4.69, 9.17) is 11.5 Å². The summed E-state index contributed by atoms with van der Waals surface area (Å²) in [5, 5.41) is 21.6. The van der Waals surface area contributed by atoms with E-state index >= 15 is 0 Å². The molecule has 0 radical (unpaired) electrons. The minimum atomic E-state index is -0.594. The zero-order valence-corrected chi connectivity index (χ0v) is 7.77. The van der Waals surface area contributed by atoms with Crippen molar-refractivity contribution in [1.82, 2.24) is 5.32 Å². The van der Waals surface area contributed by atoms with Crippen LogP contribution in [0.15, 0.2) is 24.3 Å². The number of aromatic hydroxyl groups is 1. The number of hydrogen-bond donors (Lipinski definition) is 3. The molecule has 3 N–H and O–H groups in total. The minimum Gasteiger partial charge on any atom is -0.508 e. The van der Waals surface area contributed by atoms with Gasteiger partial charge in [-0.1, -0.05) is 18.1 Å². The van der Waals surface area contributed by atoms with Crippen LogP contribution in [0.3, 0.4) is 0 Å². The maximum Gasteiger partial charge on any atom is 0.115 e. The van der Waals surface area contributed by atoms with Crippen molar-refractivity contribution in [1.29, 1.82) is 0 Å². The van der Waals surface area contributed by atoms with E-state index in [2.05, 4.69) is 11.2 Å². The van der Waals surface area contributed by atoms with Gasteiger partial charge in [0, 0.05) is 6.54 Å². The molecule has 0 aliphatic heterocycles. The van der Waals surface area contributed by atoms with Crippen molar-refractivity contribution in [3.05, 3.63) is 29.8 Å². The largest absolute Gasteiger partial charge is 0.508 e. The highest BCUT2D eigenvalue weighted by Crippen LogP contribution is 2.15. The van der Waals surface area contributed by atoms with E-state index < -0.39 is 6.10 Å².